The molecule has 1 saturated heterocycles. The summed E-state index contributed by atoms with van der Waals surface area (Å²) >= 11 is 0. The summed E-state index contributed by atoms with van der Waals surface area (Å²) in [4.78, 5) is 24.5. The smallest absolute Gasteiger partial charge is 0.237 e. The molecule has 17 heavy (non-hydrogen) atoms. The number of unbranched alkanes of at least 4 members (excludes halogenated alkanes) is 1. The molecule has 1 aliphatic rings. The number of hydrogen-bond acceptors (Lipinski definition) is 3. The second-order valence-corrected chi connectivity index (χ2v) is 4.63. The van der Waals surface area contributed by atoms with Crippen molar-refractivity contribution >= 4 is 11.8 Å². The average Bonchev–Trinajstić information content (AvgIpc) is 2.76. The molecule has 1 fully saturated rings. The van der Waals surface area contributed by atoms with E-state index in [9.17, 15) is 9.59 Å². The molecule has 1 atom stereocenters. The summed E-state index contributed by atoms with van der Waals surface area (Å²) in [6.07, 6.45) is 4.57. The predicted octanol–water partition coefficient (Wildman–Crippen LogP) is 0.243. The molecule has 1 aliphatic heterocycles. The van der Waals surface area contributed by atoms with E-state index in [1.807, 2.05) is 0 Å². The number of carbonyl (C=O) groups excluding carboxylic acids is 2. The lowest BCUT2D eigenvalue weighted by Gasteiger charge is -2.22. The zero-order valence-corrected chi connectivity index (χ0v) is 10.6. The van der Waals surface area contributed by atoms with Crippen LogP contribution in [0, 0.1) is 0 Å². The molecule has 1 rings (SSSR count). The second-order valence-electron chi connectivity index (χ2n) is 4.63. The van der Waals surface area contributed by atoms with E-state index in [4.69, 9.17) is 5.73 Å². The molecule has 5 heteroatoms. The summed E-state index contributed by atoms with van der Waals surface area (Å²) in [5.41, 5.74) is 5.16. The van der Waals surface area contributed by atoms with E-state index in [0.717, 1.165) is 32.2 Å². The minimum absolute atomic E-state index is 0.0386. The molecular weight excluding hydrogens is 218 g/mol. The Balaban J connectivity index is 2.42. The van der Waals surface area contributed by atoms with Gasteiger partial charge in [0.25, 0.3) is 0 Å². The van der Waals surface area contributed by atoms with Crippen LogP contribution in [0.2, 0.25) is 0 Å². The number of amides is 2. The molecule has 2 amide bonds. The molecule has 0 bridgehead atoms. The van der Waals surface area contributed by atoms with Crippen molar-refractivity contribution in [2.45, 2.75) is 45.1 Å². The summed E-state index contributed by atoms with van der Waals surface area (Å²) in [7, 11) is 0. The van der Waals surface area contributed by atoms with Crippen LogP contribution < -0.4 is 11.1 Å². The minimum atomic E-state index is -0.436. The molecule has 0 spiro atoms. The first-order valence-corrected chi connectivity index (χ1v) is 6.43. The van der Waals surface area contributed by atoms with E-state index < -0.39 is 5.91 Å². The third-order valence-electron chi connectivity index (χ3n) is 3.06. The maximum absolute atomic E-state index is 12.0. The maximum atomic E-state index is 12.0. The lowest BCUT2D eigenvalue weighted by atomic mass is 10.1. The first-order chi connectivity index (χ1) is 8.13. The third kappa shape index (κ3) is 5.17. The number of nitrogens with two attached hydrogens (primary N) is 1. The van der Waals surface area contributed by atoms with Crippen LogP contribution in [-0.2, 0) is 9.59 Å². The molecule has 3 N–H and O–H groups in total. The number of nitrogens with one attached hydrogen (secondary N) is 1. The van der Waals surface area contributed by atoms with Crippen molar-refractivity contribution in [2.24, 2.45) is 5.73 Å². The van der Waals surface area contributed by atoms with Crippen molar-refractivity contribution < 1.29 is 9.59 Å². The van der Waals surface area contributed by atoms with Gasteiger partial charge in [-0.2, -0.15) is 0 Å². The van der Waals surface area contributed by atoms with Gasteiger partial charge >= 0.3 is 0 Å². The fraction of sp³-hybridized carbons (Fsp3) is 0.833. The minimum Gasteiger partial charge on any atom is -0.368 e. The van der Waals surface area contributed by atoms with Gasteiger partial charge in [0.2, 0.25) is 11.8 Å². The number of carbonyl (C=O) groups is 2. The Hall–Kier alpha value is -1.10. The summed E-state index contributed by atoms with van der Waals surface area (Å²) < 4.78 is 0. The van der Waals surface area contributed by atoms with Gasteiger partial charge in [-0.1, -0.05) is 13.3 Å². The van der Waals surface area contributed by atoms with Gasteiger partial charge in [0.15, 0.2) is 0 Å². The summed E-state index contributed by atoms with van der Waals surface area (Å²) in [6.45, 7) is 3.73. The first kappa shape index (κ1) is 14.0. The number of rotatable bonds is 7. The highest BCUT2D eigenvalue weighted by molar-refractivity contribution is 5.84. The van der Waals surface area contributed by atoms with E-state index in [-0.39, 0.29) is 18.5 Å². The van der Waals surface area contributed by atoms with Gasteiger partial charge in [-0.3, -0.25) is 9.59 Å². The van der Waals surface area contributed by atoms with Crippen molar-refractivity contribution in [1.82, 2.24) is 10.2 Å². The number of hydrogen-bond donors (Lipinski definition) is 2. The predicted molar refractivity (Wildman–Crippen MR) is 66.3 cm³/mol. The highest BCUT2D eigenvalue weighted by Crippen LogP contribution is 2.10. The Labute approximate surface area is 103 Å². The fourth-order valence-electron chi connectivity index (χ4n) is 2.10. The molecule has 98 valence electrons. The number of nitrogens with zero attached hydrogens (tertiary/aromatic N) is 1. The molecular formula is C12H23N3O2. The van der Waals surface area contributed by atoms with Crippen LogP contribution in [0.3, 0.4) is 0 Å². The molecule has 1 heterocycles. The quantitative estimate of drug-likeness (QED) is 0.670. The zero-order valence-electron chi connectivity index (χ0n) is 10.6. The summed E-state index contributed by atoms with van der Waals surface area (Å²) in [5.74, 6) is -0.398. The van der Waals surface area contributed by atoms with E-state index in [2.05, 4.69) is 12.2 Å². The van der Waals surface area contributed by atoms with E-state index >= 15 is 0 Å². The van der Waals surface area contributed by atoms with Crippen LogP contribution in [0.4, 0.5) is 0 Å². The Morgan fingerprint density at radius 2 is 2.24 bits per heavy atom. The highest BCUT2D eigenvalue weighted by atomic mass is 16.2. The van der Waals surface area contributed by atoms with Crippen LogP contribution in [0.25, 0.3) is 0 Å². The van der Waals surface area contributed by atoms with Crippen LogP contribution in [0.1, 0.15) is 39.0 Å². The molecule has 0 aromatic carbocycles. The van der Waals surface area contributed by atoms with Gasteiger partial charge in [0.05, 0.1) is 6.54 Å². The normalized spacial score (nSPS) is 19.2. The van der Waals surface area contributed by atoms with Crippen LogP contribution >= 0.6 is 0 Å². The topological polar surface area (TPSA) is 75.4 Å². The molecule has 0 aromatic heterocycles. The second kappa shape index (κ2) is 7.27. The molecule has 0 radical (unpaired) electrons. The molecule has 5 nitrogen and oxygen atoms in total. The van der Waals surface area contributed by atoms with Crippen LogP contribution in [0.5, 0.6) is 0 Å². The van der Waals surface area contributed by atoms with Gasteiger partial charge in [-0.05, 0) is 25.8 Å². The van der Waals surface area contributed by atoms with Gasteiger partial charge in [-0.25, -0.2) is 0 Å². The van der Waals surface area contributed by atoms with Crippen LogP contribution in [-0.4, -0.2) is 42.4 Å². The van der Waals surface area contributed by atoms with Gasteiger partial charge < -0.3 is 16.0 Å². The standard InChI is InChI=1S/C12H23N3O2/c1-2-3-7-15(9-11(13)16)12(17)8-10-5-4-6-14-10/h10,14H,2-9H2,1H3,(H2,13,16). The Morgan fingerprint density at radius 3 is 2.76 bits per heavy atom. The molecule has 0 saturated carbocycles. The third-order valence-corrected chi connectivity index (χ3v) is 3.06. The zero-order chi connectivity index (χ0) is 12.7. The summed E-state index contributed by atoms with van der Waals surface area (Å²) in [6, 6.07) is 0.277. The number of primary amides is 1. The van der Waals surface area contributed by atoms with Gasteiger partial charge in [-0.15, -0.1) is 0 Å². The fourth-order valence-corrected chi connectivity index (χ4v) is 2.10. The van der Waals surface area contributed by atoms with Gasteiger partial charge in [0, 0.05) is 19.0 Å². The van der Waals surface area contributed by atoms with E-state index in [1.165, 1.54) is 0 Å². The molecule has 0 aliphatic carbocycles. The monoisotopic (exact) mass is 241 g/mol. The van der Waals surface area contributed by atoms with Crippen molar-refractivity contribution in [3.63, 3.8) is 0 Å². The largest absolute Gasteiger partial charge is 0.368 e. The van der Waals surface area contributed by atoms with Crippen molar-refractivity contribution in [3.8, 4) is 0 Å². The van der Waals surface area contributed by atoms with Crippen molar-refractivity contribution in [1.29, 1.82) is 0 Å². The SMILES string of the molecule is CCCCN(CC(N)=O)C(=O)CC1CCCN1. The molecule has 0 aromatic rings. The molecule has 1 unspecified atom stereocenters. The van der Waals surface area contributed by atoms with E-state index in [0.29, 0.717) is 13.0 Å². The van der Waals surface area contributed by atoms with E-state index in [1.54, 1.807) is 4.90 Å². The maximum Gasteiger partial charge on any atom is 0.237 e. The lowest BCUT2D eigenvalue weighted by Crippen LogP contribution is -2.41. The van der Waals surface area contributed by atoms with Crippen molar-refractivity contribution in [3.05, 3.63) is 0 Å². The van der Waals surface area contributed by atoms with Crippen LogP contribution in [0.15, 0.2) is 0 Å². The van der Waals surface area contributed by atoms with Crippen molar-refractivity contribution in [2.75, 3.05) is 19.6 Å². The Morgan fingerprint density at radius 1 is 1.47 bits per heavy atom. The lowest BCUT2D eigenvalue weighted by molar-refractivity contribution is -0.135. The Bertz CT molecular complexity index is 262. The first-order valence-electron chi connectivity index (χ1n) is 6.43. The highest BCUT2D eigenvalue weighted by Gasteiger charge is 2.22. The Kier molecular flexibility index (Phi) is 5.97. The van der Waals surface area contributed by atoms with Gasteiger partial charge in [0.1, 0.15) is 0 Å². The average molecular weight is 241 g/mol. The summed E-state index contributed by atoms with van der Waals surface area (Å²) in [5, 5.41) is 3.29.